The zero-order valence-corrected chi connectivity index (χ0v) is 5.37. The zero-order chi connectivity index (χ0) is 6.53. The number of ether oxygens (including phenoxy) is 1. The minimum absolute atomic E-state index is 0. The van der Waals surface area contributed by atoms with Gasteiger partial charge in [-0.1, -0.05) is 13.5 Å². The van der Waals surface area contributed by atoms with Crippen LogP contribution in [-0.4, -0.2) is 12.1 Å². The van der Waals surface area contributed by atoms with Crippen LogP contribution in [0.1, 0.15) is 13.0 Å². The first kappa shape index (κ1) is 9.11. The predicted octanol–water partition coefficient (Wildman–Crippen LogP) is 1.86. The Morgan fingerprint density at radius 1 is 1.60 bits per heavy atom. The first-order valence-electron chi connectivity index (χ1n) is 2.81. The lowest BCUT2D eigenvalue weighted by Gasteiger charge is -1.94. The van der Waals surface area contributed by atoms with Gasteiger partial charge in [-0.2, -0.15) is 0 Å². The molecule has 1 aromatic heterocycles. The molecule has 0 unspecified atom stereocenters. The standard InChI is InChI=1S/C7H9NO.CH4/c1-9-6-7-3-2-4-8-5-7;/h2-5H,6H2,1H3;1H4. The van der Waals surface area contributed by atoms with Crippen molar-refractivity contribution in [2.75, 3.05) is 7.11 Å². The summed E-state index contributed by atoms with van der Waals surface area (Å²) in [5, 5.41) is 0. The van der Waals surface area contributed by atoms with E-state index in [4.69, 9.17) is 4.74 Å². The fourth-order valence-corrected chi connectivity index (χ4v) is 0.650. The second kappa shape index (κ2) is 4.94. The average molecular weight is 139 g/mol. The van der Waals surface area contributed by atoms with E-state index in [1.54, 1.807) is 19.5 Å². The third-order valence-corrected chi connectivity index (χ3v) is 1.03. The van der Waals surface area contributed by atoms with Crippen molar-refractivity contribution in [3.63, 3.8) is 0 Å². The lowest BCUT2D eigenvalue weighted by molar-refractivity contribution is 0.184. The van der Waals surface area contributed by atoms with Crippen LogP contribution in [0.2, 0.25) is 0 Å². The minimum atomic E-state index is 0. The normalized spacial score (nSPS) is 8.50. The molecule has 0 aliphatic carbocycles. The Morgan fingerprint density at radius 3 is 2.90 bits per heavy atom. The Balaban J connectivity index is 0.000000810. The predicted molar refractivity (Wildman–Crippen MR) is 41.7 cm³/mol. The smallest absolute Gasteiger partial charge is 0.0728 e. The van der Waals surface area contributed by atoms with Gasteiger partial charge in [-0.15, -0.1) is 0 Å². The molecule has 0 aromatic carbocycles. The van der Waals surface area contributed by atoms with Crippen LogP contribution in [0.25, 0.3) is 0 Å². The summed E-state index contributed by atoms with van der Waals surface area (Å²) in [5.41, 5.74) is 1.11. The molecule has 56 valence electrons. The second-order valence-corrected chi connectivity index (χ2v) is 1.79. The van der Waals surface area contributed by atoms with E-state index < -0.39 is 0 Å². The molecule has 0 bridgehead atoms. The first-order chi connectivity index (χ1) is 4.43. The van der Waals surface area contributed by atoms with Crippen LogP contribution in [0.3, 0.4) is 0 Å². The molecule has 0 spiro atoms. The Hall–Kier alpha value is -0.890. The van der Waals surface area contributed by atoms with E-state index in [1.165, 1.54) is 0 Å². The number of hydrogen-bond donors (Lipinski definition) is 0. The van der Waals surface area contributed by atoms with E-state index in [2.05, 4.69) is 4.98 Å². The van der Waals surface area contributed by atoms with Gasteiger partial charge in [-0.25, -0.2) is 0 Å². The highest BCUT2D eigenvalue weighted by Crippen LogP contribution is 1.95. The molecule has 0 aliphatic heterocycles. The van der Waals surface area contributed by atoms with Crippen molar-refractivity contribution in [2.24, 2.45) is 0 Å². The molecule has 1 aromatic rings. The monoisotopic (exact) mass is 139 g/mol. The molecule has 1 rings (SSSR count). The van der Waals surface area contributed by atoms with Crippen LogP contribution in [0.15, 0.2) is 24.5 Å². The van der Waals surface area contributed by atoms with Crippen LogP contribution in [-0.2, 0) is 11.3 Å². The number of aromatic nitrogens is 1. The van der Waals surface area contributed by atoms with E-state index >= 15 is 0 Å². The fourth-order valence-electron chi connectivity index (χ4n) is 0.650. The van der Waals surface area contributed by atoms with Crippen LogP contribution in [0.4, 0.5) is 0 Å². The topological polar surface area (TPSA) is 22.1 Å². The minimum Gasteiger partial charge on any atom is -0.380 e. The molecule has 0 amide bonds. The molecular weight excluding hydrogens is 126 g/mol. The first-order valence-corrected chi connectivity index (χ1v) is 2.81. The number of hydrogen-bond acceptors (Lipinski definition) is 2. The highest BCUT2D eigenvalue weighted by Gasteiger charge is 1.85. The van der Waals surface area contributed by atoms with Gasteiger partial charge in [0, 0.05) is 19.5 Å². The van der Waals surface area contributed by atoms with E-state index in [1.807, 2.05) is 12.1 Å². The lowest BCUT2D eigenvalue weighted by Crippen LogP contribution is -1.86. The summed E-state index contributed by atoms with van der Waals surface area (Å²) >= 11 is 0. The lowest BCUT2D eigenvalue weighted by atomic mass is 10.3. The third-order valence-electron chi connectivity index (χ3n) is 1.03. The van der Waals surface area contributed by atoms with Gasteiger partial charge in [0.15, 0.2) is 0 Å². The third kappa shape index (κ3) is 2.60. The van der Waals surface area contributed by atoms with Crippen molar-refractivity contribution in [1.82, 2.24) is 4.98 Å². The number of methoxy groups -OCH3 is 1. The van der Waals surface area contributed by atoms with Crippen molar-refractivity contribution in [3.05, 3.63) is 30.1 Å². The molecule has 0 aliphatic rings. The highest BCUT2D eigenvalue weighted by atomic mass is 16.5. The van der Waals surface area contributed by atoms with Gasteiger partial charge in [0.05, 0.1) is 6.61 Å². The van der Waals surface area contributed by atoms with Gasteiger partial charge >= 0.3 is 0 Å². The summed E-state index contributed by atoms with van der Waals surface area (Å²) in [6.45, 7) is 0.647. The van der Waals surface area contributed by atoms with Crippen molar-refractivity contribution < 1.29 is 4.74 Å². The molecule has 2 nitrogen and oxygen atoms in total. The van der Waals surface area contributed by atoms with Crippen molar-refractivity contribution in [3.8, 4) is 0 Å². The fraction of sp³-hybridized carbons (Fsp3) is 0.375. The maximum Gasteiger partial charge on any atom is 0.0728 e. The maximum absolute atomic E-state index is 4.89. The summed E-state index contributed by atoms with van der Waals surface area (Å²) in [6.07, 6.45) is 3.54. The Labute approximate surface area is 61.9 Å². The van der Waals surface area contributed by atoms with Crippen LogP contribution >= 0.6 is 0 Å². The molecule has 10 heavy (non-hydrogen) atoms. The molecule has 0 saturated carbocycles. The van der Waals surface area contributed by atoms with Crippen LogP contribution < -0.4 is 0 Å². The molecule has 2 heteroatoms. The number of rotatable bonds is 2. The molecule has 0 saturated heterocycles. The number of pyridine rings is 1. The summed E-state index contributed by atoms with van der Waals surface area (Å²) in [5.74, 6) is 0. The summed E-state index contributed by atoms with van der Waals surface area (Å²) in [7, 11) is 1.67. The van der Waals surface area contributed by atoms with Gasteiger partial charge in [0.1, 0.15) is 0 Å². The van der Waals surface area contributed by atoms with Gasteiger partial charge in [-0.05, 0) is 11.6 Å². The van der Waals surface area contributed by atoms with Crippen molar-refractivity contribution >= 4 is 0 Å². The highest BCUT2D eigenvalue weighted by molar-refractivity contribution is 5.06. The maximum atomic E-state index is 4.89. The quantitative estimate of drug-likeness (QED) is 0.624. The molecule has 0 radical (unpaired) electrons. The SMILES string of the molecule is C.COCc1cccnc1. The summed E-state index contributed by atoms with van der Waals surface area (Å²) in [6, 6.07) is 3.88. The number of nitrogens with zero attached hydrogens (tertiary/aromatic N) is 1. The van der Waals surface area contributed by atoms with Gasteiger partial charge in [0.25, 0.3) is 0 Å². The molecular formula is C8H13NO. The molecule has 1 heterocycles. The molecule has 0 N–H and O–H groups in total. The summed E-state index contributed by atoms with van der Waals surface area (Å²) < 4.78 is 4.89. The van der Waals surface area contributed by atoms with Gasteiger partial charge < -0.3 is 4.74 Å². The largest absolute Gasteiger partial charge is 0.380 e. The summed E-state index contributed by atoms with van der Waals surface area (Å²) in [4.78, 5) is 3.92. The van der Waals surface area contributed by atoms with Gasteiger partial charge in [0.2, 0.25) is 0 Å². The van der Waals surface area contributed by atoms with Crippen molar-refractivity contribution in [1.29, 1.82) is 0 Å². The van der Waals surface area contributed by atoms with E-state index in [0.29, 0.717) is 6.61 Å². The molecule has 0 atom stereocenters. The van der Waals surface area contributed by atoms with Crippen LogP contribution in [0.5, 0.6) is 0 Å². The molecule has 0 fully saturated rings. The Morgan fingerprint density at radius 2 is 2.40 bits per heavy atom. The van der Waals surface area contributed by atoms with E-state index in [9.17, 15) is 0 Å². The average Bonchev–Trinajstić information content (AvgIpc) is 1.91. The van der Waals surface area contributed by atoms with Gasteiger partial charge in [-0.3, -0.25) is 4.98 Å². The second-order valence-electron chi connectivity index (χ2n) is 1.79. The van der Waals surface area contributed by atoms with E-state index in [0.717, 1.165) is 5.56 Å². The van der Waals surface area contributed by atoms with E-state index in [-0.39, 0.29) is 7.43 Å². The van der Waals surface area contributed by atoms with Crippen LogP contribution in [0, 0.1) is 0 Å². The van der Waals surface area contributed by atoms with Crippen molar-refractivity contribution in [2.45, 2.75) is 14.0 Å². The Kier molecular flexibility index (Phi) is 4.50. The zero-order valence-electron chi connectivity index (χ0n) is 5.37. The Bertz CT molecular complexity index is 162.